The van der Waals surface area contributed by atoms with Crippen LogP contribution in [0.25, 0.3) is 0 Å². The molecule has 1 aromatic carbocycles. The lowest BCUT2D eigenvalue weighted by Crippen LogP contribution is -2.27. The first-order chi connectivity index (χ1) is 11.8. The fourth-order valence-electron chi connectivity index (χ4n) is 2.74. The lowest BCUT2D eigenvalue weighted by Gasteiger charge is -2.27. The summed E-state index contributed by atoms with van der Waals surface area (Å²) in [5.74, 6) is 4.17. The Labute approximate surface area is 147 Å². The van der Waals surface area contributed by atoms with Gasteiger partial charge in [-0.05, 0) is 37.3 Å². The lowest BCUT2D eigenvalue weighted by molar-refractivity contribution is 0.153. The van der Waals surface area contributed by atoms with Crippen LogP contribution in [0.3, 0.4) is 0 Å². The van der Waals surface area contributed by atoms with E-state index in [1.807, 2.05) is 37.3 Å². The van der Waals surface area contributed by atoms with Crippen molar-refractivity contribution in [1.82, 2.24) is 0 Å². The third-order valence-corrected chi connectivity index (χ3v) is 4.65. The van der Waals surface area contributed by atoms with Gasteiger partial charge < -0.3 is 8.92 Å². The Morgan fingerprint density at radius 3 is 2.67 bits per heavy atom. The third kappa shape index (κ3) is 6.94. The van der Waals surface area contributed by atoms with Gasteiger partial charge in [0.05, 0.1) is 6.61 Å². The minimum atomic E-state index is -1.82. The second-order valence-electron chi connectivity index (χ2n) is 5.96. The highest BCUT2D eigenvalue weighted by molar-refractivity contribution is 7.75. The molecule has 4 nitrogen and oxygen atoms in total. The van der Waals surface area contributed by atoms with Crippen molar-refractivity contribution in [3.8, 4) is 17.8 Å². The second kappa shape index (κ2) is 11.1. The first-order valence-electron chi connectivity index (χ1n) is 8.74. The van der Waals surface area contributed by atoms with Gasteiger partial charge in [0.1, 0.15) is 11.9 Å². The van der Waals surface area contributed by atoms with Crippen LogP contribution in [-0.2, 0) is 19.7 Å². The summed E-state index contributed by atoms with van der Waals surface area (Å²) in [5.41, 5.74) is 0. The topological polar surface area (TPSA) is 44.8 Å². The molecule has 0 aromatic heterocycles. The predicted molar refractivity (Wildman–Crippen MR) is 95.3 cm³/mol. The molecule has 0 amide bonds. The molecular formula is C19H26O4S. The predicted octanol–water partition coefficient (Wildman–Crippen LogP) is 4.39. The Hall–Kier alpha value is -1.51. The number of hydrogen-bond donors (Lipinski definition) is 0. The highest BCUT2D eigenvalue weighted by Gasteiger charge is 2.24. The van der Waals surface area contributed by atoms with E-state index in [1.54, 1.807) is 0 Å². The van der Waals surface area contributed by atoms with Crippen molar-refractivity contribution in [3.63, 3.8) is 0 Å². The molecule has 132 valence electrons. The minimum Gasteiger partial charge on any atom is -0.477 e. The molecular weight excluding hydrogens is 324 g/mol. The summed E-state index contributed by atoms with van der Waals surface area (Å²) in [4.78, 5) is 0. The molecule has 0 heterocycles. The molecule has 1 aliphatic carbocycles. The van der Waals surface area contributed by atoms with Crippen LogP contribution in [-0.4, -0.2) is 16.9 Å². The Balaban J connectivity index is 1.93. The van der Waals surface area contributed by atoms with Crippen LogP contribution < -0.4 is 4.74 Å². The average Bonchev–Trinajstić information content (AvgIpc) is 2.63. The normalized spacial score (nSPS) is 17.4. The molecule has 0 bridgehead atoms. The van der Waals surface area contributed by atoms with E-state index in [0.29, 0.717) is 12.5 Å². The largest absolute Gasteiger partial charge is 0.477 e. The molecule has 0 aliphatic heterocycles. The summed E-state index contributed by atoms with van der Waals surface area (Å²) in [6.45, 7) is 2.46. The van der Waals surface area contributed by atoms with Crippen LogP contribution in [0.4, 0.5) is 0 Å². The fraction of sp³-hybridized carbons (Fsp3) is 0.579. The van der Waals surface area contributed by atoms with Crippen LogP contribution in [0, 0.1) is 17.9 Å². The smallest absolute Gasteiger partial charge is 0.369 e. The zero-order valence-electron chi connectivity index (χ0n) is 14.2. The van der Waals surface area contributed by atoms with Gasteiger partial charge in [-0.15, -0.1) is 0 Å². The van der Waals surface area contributed by atoms with E-state index >= 15 is 0 Å². The summed E-state index contributed by atoms with van der Waals surface area (Å²) < 4.78 is 27.6. The molecule has 1 fully saturated rings. The van der Waals surface area contributed by atoms with Crippen LogP contribution in [0.2, 0.25) is 0 Å². The SMILES string of the molecule is CCCCOS(=O)OC#CC(Oc1ccccc1)C1CCCCC1. The fourth-order valence-corrected chi connectivity index (χ4v) is 3.16. The Morgan fingerprint density at radius 1 is 1.21 bits per heavy atom. The molecule has 2 atom stereocenters. The number of hydrogen-bond acceptors (Lipinski definition) is 4. The van der Waals surface area contributed by atoms with Gasteiger partial charge in [0.15, 0.2) is 6.10 Å². The van der Waals surface area contributed by atoms with E-state index < -0.39 is 11.4 Å². The highest BCUT2D eigenvalue weighted by atomic mass is 32.2. The summed E-state index contributed by atoms with van der Waals surface area (Å²) in [6.07, 6.45) is 9.99. The summed E-state index contributed by atoms with van der Waals surface area (Å²) in [5, 5.41) is 0. The maximum atomic E-state index is 11.6. The number of benzene rings is 1. The summed E-state index contributed by atoms with van der Waals surface area (Å²) >= 11 is -1.82. The van der Waals surface area contributed by atoms with E-state index in [2.05, 4.69) is 12.0 Å². The first kappa shape index (κ1) is 18.8. The van der Waals surface area contributed by atoms with Gasteiger partial charge in [-0.25, -0.2) is 0 Å². The van der Waals surface area contributed by atoms with Gasteiger partial charge in [0.2, 0.25) is 0 Å². The standard InChI is InChI=1S/C19H26O4S/c1-2-3-15-21-24(20)22-16-14-19(17-10-6-4-7-11-17)23-18-12-8-5-9-13-18/h5,8-9,12-13,17,19H,2-4,6-7,10-11,15H2,1H3. The minimum absolute atomic E-state index is 0.250. The Kier molecular flexibility index (Phi) is 8.72. The Morgan fingerprint density at radius 2 is 1.96 bits per heavy atom. The van der Waals surface area contributed by atoms with Crippen LogP contribution >= 0.6 is 0 Å². The van der Waals surface area contributed by atoms with Crippen molar-refractivity contribution in [2.75, 3.05) is 6.61 Å². The average molecular weight is 350 g/mol. The molecule has 0 N–H and O–H groups in total. The molecule has 5 heteroatoms. The molecule has 0 radical (unpaired) electrons. The van der Waals surface area contributed by atoms with Gasteiger partial charge in [-0.1, -0.05) is 50.8 Å². The lowest BCUT2D eigenvalue weighted by atomic mass is 9.85. The molecule has 0 saturated heterocycles. The Bertz CT molecular complexity index is 543. The maximum Gasteiger partial charge on any atom is 0.369 e. The summed E-state index contributed by atoms with van der Waals surface area (Å²) in [6, 6.07) is 9.67. The summed E-state index contributed by atoms with van der Waals surface area (Å²) in [7, 11) is 0. The van der Waals surface area contributed by atoms with E-state index in [0.717, 1.165) is 31.4 Å². The van der Waals surface area contributed by atoms with Crippen molar-refractivity contribution >= 4 is 11.4 Å². The molecule has 1 saturated carbocycles. The third-order valence-electron chi connectivity index (χ3n) is 4.07. The molecule has 2 rings (SSSR count). The zero-order valence-corrected chi connectivity index (χ0v) is 15.1. The van der Waals surface area contributed by atoms with Gasteiger partial charge in [0, 0.05) is 5.92 Å². The van der Waals surface area contributed by atoms with Crippen molar-refractivity contribution in [1.29, 1.82) is 0 Å². The molecule has 1 aliphatic rings. The van der Waals surface area contributed by atoms with Crippen molar-refractivity contribution < 1.29 is 17.3 Å². The monoisotopic (exact) mass is 350 g/mol. The van der Waals surface area contributed by atoms with E-state index in [1.165, 1.54) is 19.3 Å². The number of unbranched alkanes of at least 4 members (excludes halogenated alkanes) is 1. The second-order valence-corrected chi connectivity index (χ2v) is 6.77. The van der Waals surface area contributed by atoms with E-state index in [9.17, 15) is 4.21 Å². The van der Waals surface area contributed by atoms with Crippen molar-refractivity contribution in [3.05, 3.63) is 30.3 Å². The van der Waals surface area contributed by atoms with Crippen LogP contribution in [0.1, 0.15) is 51.9 Å². The van der Waals surface area contributed by atoms with Crippen molar-refractivity contribution in [2.45, 2.75) is 58.0 Å². The quantitative estimate of drug-likeness (QED) is 0.515. The highest BCUT2D eigenvalue weighted by Crippen LogP contribution is 2.28. The van der Waals surface area contributed by atoms with Gasteiger partial charge in [0.25, 0.3) is 0 Å². The molecule has 1 aromatic rings. The van der Waals surface area contributed by atoms with Gasteiger partial charge >= 0.3 is 11.4 Å². The first-order valence-corrected chi connectivity index (χ1v) is 9.74. The molecule has 2 unspecified atom stereocenters. The van der Waals surface area contributed by atoms with Crippen LogP contribution in [0.15, 0.2) is 30.3 Å². The van der Waals surface area contributed by atoms with Crippen molar-refractivity contribution in [2.24, 2.45) is 5.92 Å². The number of rotatable bonds is 8. The van der Waals surface area contributed by atoms with Gasteiger partial charge in [-0.3, -0.25) is 4.18 Å². The maximum absolute atomic E-state index is 11.6. The number of para-hydroxylation sites is 1. The van der Waals surface area contributed by atoms with E-state index in [4.69, 9.17) is 13.1 Å². The zero-order chi connectivity index (χ0) is 17.0. The number of ether oxygens (including phenoxy) is 1. The van der Waals surface area contributed by atoms with Gasteiger partial charge in [-0.2, -0.15) is 4.21 Å². The molecule has 0 spiro atoms. The molecule has 24 heavy (non-hydrogen) atoms. The van der Waals surface area contributed by atoms with Crippen LogP contribution in [0.5, 0.6) is 5.75 Å². The van der Waals surface area contributed by atoms with E-state index in [-0.39, 0.29) is 6.10 Å².